The molecule has 1 aliphatic rings. The lowest BCUT2D eigenvalue weighted by Gasteiger charge is -2.36. The zero-order chi connectivity index (χ0) is 15.1. The van der Waals surface area contributed by atoms with Gasteiger partial charge in [0.1, 0.15) is 5.75 Å². The van der Waals surface area contributed by atoms with Crippen LogP contribution in [0.5, 0.6) is 5.75 Å². The molecule has 2 rings (SSSR count). The molecule has 0 amide bonds. The summed E-state index contributed by atoms with van der Waals surface area (Å²) in [7, 11) is 0. The van der Waals surface area contributed by atoms with Gasteiger partial charge in [-0.05, 0) is 26.5 Å². The fraction of sp³-hybridized carbons (Fsp3) is 0.647. The standard InChI is InChI=1S/C17H28N2O2/c1-4-18-16(12-19-10-11-20-13-14(19)3)15-8-6-7-9-17(15)21-5-2/h6-9,14,16,18H,4-5,10-13H2,1-3H3. The fourth-order valence-corrected chi connectivity index (χ4v) is 2.84. The zero-order valence-corrected chi connectivity index (χ0v) is 13.5. The molecule has 1 N–H and O–H groups in total. The third-order valence-corrected chi connectivity index (χ3v) is 3.97. The summed E-state index contributed by atoms with van der Waals surface area (Å²) in [5, 5.41) is 3.60. The summed E-state index contributed by atoms with van der Waals surface area (Å²) in [6.07, 6.45) is 0. The Bertz CT molecular complexity index is 425. The first kappa shape index (κ1) is 16.3. The molecule has 118 valence electrons. The van der Waals surface area contributed by atoms with Crippen LogP contribution < -0.4 is 10.1 Å². The van der Waals surface area contributed by atoms with Crippen LogP contribution in [0.4, 0.5) is 0 Å². The maximum atomic E-state index is 5.80. The second kappa shape index (κ2) is 8.37. The molecule has 1 heterocycles. The van der Waals surface area contributed by atoms with Crippen molar-refractivity contribution in [2.45, 2.75) is 32.9 Å². The highest BCUT2D eigenvalue weighted by atomic mass is 16.5. The van der Waals surface area contributed by atoms with E-state index in [4.69, 9.17) is 9.47 Å². The maximum absolute atomic E-state index is 5.80. The zero-order valence-electron chi connectivity index (χ0n) is 13.5. The summed E-state index contributed by atoms with van der Waals surface area (Å²) in [5.74, 6) is 0.992. The maximum Gasteiger partial charge on any atom is 0.124 e. The van der Waals surface area contributed by atoms with Crippen molar-refractivity contribution in [3.63, 3.8) is 0 Å². The molecular weight excluding hydrogens is 264 g/mol. The number of nitrogens with zero attached hydrogens (tertiary/aromatic N) is 1. The van der Waals surface area contributed by atoms with E-state index in [9.17, 15) is 0 Å². The number of nitrogens with one attached hydrogen (secondary N) is 1. The minimum absolute atomic E-state index is 0.290. The Morgan fingerprint density at radius 1 is 1.38 bits per heavy atom. The number of hydrogen-bond acceptors (Lipinski definition) is 4. The van der Waals surface area contributed by atoms with E-state index in [2.05, 4.69) is 42.3 Å². The molecule has 2 unspecified atom stereocenters. The summed E-state index contributed by atoms with van der Waals surface area (Å²) >= 11 is 0. The van der Waals surface area contributed by atoms with Crippen molar-refractivity contribution in [2.75, 3.05) is 39.5 Å². The Hall–Kier alpha value is -1.10. The molecule has 0 aliphatic carbocycles. The van der Waals surface area contributed by atoms with E-state index in [0.717, 1.165) is 38.6 Å². The first-order valence-corrected chi connectivity index (χ1v) is 8.03. The lowest BCUT2D eigenvalue weighted by Crippen LogP contribution is -2.47. The van der Waals surface area contributed by atoms with Gasteiger partial charge < -0.3 is 14.8 Å². The van der Waals surface area contributed by atoms with E-state index < -0.39 is 0 Å². The Labute approximate surface area is 128 Å². The molecule has 4 heteroatoms. The van der Waals surface area contributed by atoms with Gasteiger partial charge >= 0.3 is 0 Å². The minimum atomic E-state index is 0.290. The summed E-state index contributed by atoms with van der Waals surface area (Å²) in [6, 6.07) is 9.12. The Kier molecular flexibility index (Phi) is 6.49. The topological polar surface area (TPSA) is 33.7 Å². The number of morpholine rings is 1. The number of hydrogen-bond donors (Lipinski definition) is 1. The van der Waals surface area contributed by atoms with Crippen molar-refractivity contribution in [2.24, 2.45) is 0 Å². The van der Waals surface area contributed by atoms with Crippen LogP contribution >= 0.6 is 0 Å². The van der Waals surface area contributed by atoms with Crippen molar-refractivity contribution < 1.29 is 9.47 Å². The normalized spacial score (nSPS) is 21.2. The van der Waals surface area contributed by atoms with E-state index >= 15 is 0 Å². The molecule has 1 fully saturated rings. The molecule has 1 aromatic carbocycles. The first-order chi connectivity index (χ1) is 10.3. The van der Waals surface area contributed by atoms with Crippen molar-refractivity contribution >= 4 is 0 Å². The molecule has 0 spiro atoms. The number of likely N-dealkylation sites (N-methyl/N-ethyl adjacent to an activating group) is 1. The third-order valence-electron chi connectivity index (χ3n) is 3.97. The van der Waals surface area contributed by atoms with E-state index in [1.807, 2.05) is 13.0 Å². The van der Waals surface area contributed by atoms with Gasteiger partial charge in [-0.3, -0.25) is 4.90 Å². The second-order valence-corrected chi connectivity index (χ2v) is 5.50. The molecule has 0 saturated carbocycles. The highest BCUT2D eigenvalue weighted by Crippen LogP contribution is 2.26. The molecule has 0 bridgehead atoms. The van der Waals surface area contributed by atoms with Gasteiger partial charge in [0, 0.05) is 30.7 Å². The predicted molar refractivity (Wildman–Crippen MR) is 85.9 cm³/mol. The van der Waals surface area contributed by atoms with Crippen molar-refractivity contribution in [3.05, 3.63) is 29.8 Å². The molecule has 0 radical (unpaired) electrons. The summed E-state index contributed by atoms with van der Waals surface area (Å²) < 4.78 is 11.3. The summed E-state index contributed by atoms with van der Waals surface area (Å²) in [5.41, 5.74) is 1.25. The Balaban J connectivity index is 2.14. The number of para-hydroxylation sites is 1. The van der Waals surface area contributed by atoms with E-state index in [0.29, 0.717) is 18.7 Å². The molecule has 1 aromatic rings. The quantitative estimate of drug-likeness (QED) is 0.837. The van der Waals surface area contributed by atoms with E-state index in [1.54, 1.807) is 0 Å². The van der Waals surface area contributed by atoms with Crippen LogP contribution in [0.15, 0.2) is 24.3 Å². The van der Waals surface area contributed by atoms with Gasteiger partial charge in [0.2, 0.25) is 0 Å². The van der Waals surface area contributed by atoms with Gasteiger partial charge in [0.05, 0.1) is 19.8 Å². The van der Waals surface area contributed by atoms with Crippen LogP contribution in [0, 0.1) is 0 Å². The molecule has 21 heavy (non-hydrogen) atoms. The lowest BCUT2D eigenvalue weighted by atomic mass is 10.0. The summed E-state index contributed by atoms with van der Waals surface area (Å²) in [6.45, 7) is 11.7. The van der Waals surface area contributed by atoms with Gasteiger partial charge in [-0.2, -0.15) is 0 Å². The molecule has 2 atom stereocenters. The Morgan fingerprint density at radius 2 is 2.19 bits per heavy atom. The second-order valence-electron chi connectivity index (χ2n) is 5.50. The Morgan fingerprint density at radius 3 is 2.90 bits per heavy atom. The van der Waals surface area contributed by atoms with E-state index in [-0.39, 0.29) is 0 Å². The van der Waals surface area contributed by atoms with Crippen LogP contribution in [0.2, 0.25) is 0 Å². The molecule has 4 nitrogen and oxygen atoms in total. The van der Waals surface area contributed by atoms with Crippen LogP contribution in [0.3, 0.4) is 0 Å². The minimum Gasteiger partial charge on any atom is -0.494 e. The van der Waals surface area contributed by atoms with Gasteiger partial charge in [0.15, 0.2) is 0 Å². The number of benzene rings is 1. The highest BCUT2D eigenvalue weighted by molar-refractivity contribution is 5.36. The number of ether oxygens (including phenoxy) is 2. The smallest absolute Gasteiger partial charge is 0.124 e. The van der Waals surface area contributed by atoms with Crippen LogP contribution in [0.1, 0.15) is 32.4 Å². The SMILES string of the molecule is CCNC(CN1CCOCC1C)c1ccccc1OCC. The van der Waals surface area contributed by atoms with E-state index in [1.165, 1.54) is 5.56 Å². The number of rotatable bonds is 7. The van der Waals surface area contributed by atoms with Crippen LogP contribution in [0.25, 0.3) is 0 Å². The molecule has 1 saturated heterocycles. The lowest BCUT2D eigenvalue weighted by molar-refractivity contribution is -0.00452. The van der Waals surface area contributed by atoms with Gasteiger partial charge in [-0.15, -0.1) is 0 Å². The molecule has 0 aromatic heterocycles. The molecular formula is C17H28N2O2. The average Bonchev–Trinajstić information content (AvgIpc) is 2.50. The van der Waals surface area contributed by atoms with Gasteiger partial charge in [-0.1, -0.05) is 25.1 Å². The van der Waals surface area contributed by atoms with Crippen LogP contribution in [-0.4, -0.2) is 50.4 Å². The largest absolute Gasteiger partial charge is 0.494 e. The predicted octanol–water partition coefficient (Wildman–Crippen LogP) is 2.46. The van der Waals surface area contributed by atoms with Crippen molar-refractivity contribution in [1.82, 2.24) is 10.2 Å². The van der Waals surface area contributed by atoms with Crippen LogP contribution in [-0.2, 0) is 4.74 Å². The van der Waals surface area contributed by atoms with Gasteiger partial charge in [0.25, 0.3) is 0 Å². The fourth-order valence-electron chi connectivity index (χ4n) is 2.84. The van der Waals surface area contributed by atoms with Crippen molar-refractivity contribution in [3.8, 4) is 5.75 Å². The monoisotopic (exact) mass is 292 g/mol. The average molecular weight is 292 g/mol. The van der Waals surface area contributed by atoms with Gasteiger partial charge in [-0.25, -0.2) is 0 Å². The molecule has 1 aliphatic heterocycles. The third kappa shape index (κ3) is 4.43. The highest BCUT2D eigenvalue weighted by Gasteiger charge is 2.24. The van der Waals surface area contributed by atoms with Crippen molar-refractivity contribution in [1.29, 1.82) is 0 Å². The summed E-state index contributed by atoms with van der Waals surface area (Å²) in [4.78, 5) is 2.50. The first-order valence-electron chi connectivity index (χ1n) is 8.03.